The van der Waals surface area contributed by atoms with Gasteiger partial charge in [-0.3, -0.25) is 19.7 Å². The van der Waals surface area contributed by atoms with Gasteiger partial charge in [0.25, 0.3) is 0 Å². The van der Waals surface area contributed by atoms with Crippen LogP contribution in [0.2, 0.25) is 0 Å². The van der Waals surface area contributed by atoms with Gasteiger partial charge in [0.15, 0.2) is 17.4 Å². The predicted molar refractivity (Wildman–Crippen MR) is 75.1 cm³/mol. The first-order chi connectivity index (χ1) is 10.3. The van der Waals surface area contributed by atoms with Crippen LogP contribution in [0, 0.1) is 17.6 Å². The van der Waals surface area contributed by atoms with Crippen LogP contribution in [0.5, 0.6) is 0 Å². The fourth-order valence-corrected chi connectivity index (χ4v) is 2.45. The minimum absolute atomic E-state index is 0.00361. The molecule has 1 fully saturated rings. The smallest absolute Gasteiger partial charge is 0.234 e. The lowest BCUT2D eigenvalue weighted by atomic mass is 9.85. The molecule has 1 N–H and O–H groups in total. The highest BCUT2D eigenvalue weighted by Gasteiger charge is 2.32. The molecular formula is C16H15F2NO3. The first-order valence-corrected chi connectivity index (χ1v) is 6.90. The van der Waals surface area contributed by atoms with Gasteiger partial charge in [0.1, 0.15) is 0 Å². The molecule has 22 heavy (non-hydrogen) atoms. The number of hydrogen-bond donors (Lipinski definition) is 1. The van der Waals surface area contributed by atoms with E-state index in [-0.39, 0.29) is 24.0 Å². The van der Waals surface area contributed by atoms with Crippen LogP contribution in [0.15, 0.2) is 24.3 Å². The van der Waals surface area contributed by atoms with Crippen molar-refractivity contribution in [3.8, 4) is 0 Å². The summed E-state index contributed by atoms with van der Waals surface area (Å²) in [5.74, 6) is -4.58. The van der Waals surface area contributed by atoms with Crippen molar-refractivity contribution in [3.63, 3.8) is 0 Å². The number of ketones is 1. The van der Waals surface area contributed by atoms with Gasteiger partial charge < -0.3 is 0 Å². The summed E-state index contributed by atoms with van der Waals surface area (Å²) in [6, 6.07) is 1.80. The number of rotatable bonds is 4. The SMILES string of the molecule is C=C(C(=O)c1cc(F)c(F)cc1CC)C1CCC(=O)NC1=O. The molecule has 1 unspecified atom stereocenters. The Hall–Kier alpha value is -2.37. The maximum absolute atomic E-state index is 13.4. The van der Waals surface area contributed by atoms with Crippen molar-refractivity contribution < 1.29 is 23.2 Å². The molecule has 1 aliphatic heterocycles. The number of amides is 2. The Bertz CT molecular complexity index is 682. The van der Waals surface area contributed by atoms with E-state index in [1.165, 1.54) is 0 Å². The second-order valence-corrected chi connectivity index (χ2v) is 5.14. The molecule has 0 radical (unpaired) electrons. The third-order valence-corrected chi connectivity index (χ3v) is 3.72. The van der Waals surface area contributed by atoms with Crippen molar-refractivity contribution in [2.75, 3.05) is 0 Å². The van der Waals surface area contributed by atoms with Gasteiger partial charge in [0, 0.05) is 17.6 Å². The van der Waals surface area contributed by atoms with Crippen LogP contribution >= 0.6 is 0 Å². The van der Waals surface area contributed by atoms with Crippen molar-refractivity contribution >= 4 is 17.6 Å². The Morgan fingerprint density at radius 2 is 1.95 bits per heavy atom. The molecule has 116 valence electrons. The van der Waals surface area contributed by atoms with Crippen molar-refractivity contribution in [2.45, 2.75) is 26.2 Å². The van der Waals surface area contributed by atoms with Gasteiger partial charge in [-0.05, 0) is 30.5 Å². The van der Waals surface area contributed by atoms with Gasteiger partial charge >= 0.3 is 0 Å². The van der Waals surface area contributed by atoms with Crippen molar-refractivity contribution in [1.82, 2.24) is 5.32 Å². The molecule has 0 bridgehead atoms. The zero-order valence-electron chi connectivity index (χ0n) is 12.0. The molecule has 1 aliphatic rings. The average molecular weight is 307 g/mol. The summed E-state index contributed by atoms with van der Waals surface area (Å²) in [6.07, 6.45) is 0.627. The number of imide groups is 1. The summed E-state index contributed by atoms with van der Waals surface area (Å²) in [6.45, 7) is 5.33. The van der Waals surface area contributed by atoms with Crippen LogP contribution in [-0.4, -0.2) is 17.6 Å². The summed E-state index contributed by atoms with van der Waals surface area (Å²) in [7, 11) is 0. The van der Waals surface area contributed by atoms with E-state index in [1.54, 1.807) is 6.92 Å². The van der Waals surface area contributed by atoms with E-state index in [4.69, 9.17) is 0 Å². The maximum Gasteiger partial charge on any atom is 0.234 e. The van der Waals surface area contributed by atoms with Gasteiger partial charge in [-0.15, -0.1) is 0 Å². The van der Waals surface area contributed by atoms with Gasteiger partial charge in [0.05, 0.1) is 5.92 Å². The topological polar surface area (TPSA) is 63.2 Å². The van der Waals surface area contributed by atoms with Crippen molar-refractivity contribution in [2.24, 2.45) is 5.92 Å². The highest BCUT2D eigenvalue weighted by atomic mass is 19.2. The Kier molecular flexibility index (Phi) is 4.49. The molecule has 6 heteroatoms. The number of piperidine rings is 1. The molecule has 1 aromatic rings. The summed E-state index contributed by atoms with van der Waals surface area (Å²) in [4.78, 5) is 35.4. The zero-order valence-corrected chi connectivity index (χ0v) is 12.0. The van der Waals surface area contributed by atoms with E-state index in [0.29, 0.717) is 12.0 Å². The predicted octanol–water partition coefficient (Wildman–Crippen LogP) is 2.32. The van der Waals surface area contributed by atoms with E-state index in [9.17, 15) is 23.2 Å². The Balaban J connectivity index is 2.32. The summed E-state index contributed by atoms with van der Waals surface area (Å²) < 4.78 is 26.7. The summed E-state index contributed by atoms with van der Waals surface area (Å²) in [5, 5.41) is 2.14. The Morgan fingerprint density at radius 3 is 2.55 bits per heavy atom. The van der Waals surface area contributed by atoms with E-state index in [1.807, 2.05) is 0 Å². The number of aryl methyl sites for hydroxylation is 1. The molecule has 0 saturated carbocycles. The fraction of sp³-hybridized carbons (Fsp3) is 0.312. The van der Waals surface area contributed by atoms with Gasteiger partial charge in [-0.1, -0.05) is 13.5 Å². The van der Waals surface area contributed by atoms with Gasteiger partial charge in [-0.2, -0.15) is 0 Å². The highest BCUT2D eigenvalue weighted by molar-refractivity contribution is 6.14. The molecule has 1 heterocycles. The highest BCUT2D eigenvalue weighted by Crippen LogP contribution is 2.26. The van der Waals surface area contributed by atoms with Crippen LogP contribution in [-0.2, 0) is 16.0 Å². The number of hydrogen-bond acceptors (Lipinski definition) is 3. The number of nitrogens with one attached hydrogen (secondary N) is 1. The summed E-state index contributed by atoms with van der Waals surface area (Å²) in [5.41, 5.74) is 0.319. The number of benzene rings is 1. The second-order valence-electron chi connectivity index (χ2n) is 5.14. The minimum Gasteiger partial charge on any atom is -0.296 e. The number of carbonyl (C=O) groups is 3. The lowest BCUT2D eigenvalue weighted by Crippen LogP contribution is -2.42. The third-order valence-electron chi connectivity index (χ3n) is 3.72. The normalized spacial score (nSPS) is 18.0. The molecular weight excluding hydrogens is 292 g/mol. The molecule has 0 aliphatic carbocycles. The number of Topliss-reactive ketones (excluding diaryl/α,β-unsaturated/α-hetero) is 1. The number of carbonyl (C=O) groups excluding carboxylic acids is 3. The molecule has 1 saturated heterocycles. The van der Waals surface area contributed by atoms with E-state index < -0.39 is 35.1 Å². The molecule has 1 atom stereocenters. The van der Waals surface area contributed by atoms with Crippen LogP contribution in [0.4, 0.5) is 8.78 Å². The maximum atomic E-state index is 13.4. The molecule has 2 amide bonds. The monoisotopic (exact) mass is 307 g/mol. The van der Waals surface area contributed by atoms with E-state index in [0.717, 1.165) is 12.1 Å². The van der Waals surface area contributed by atoms with Crippen molar-refractivity contribution in [3.05, 3.63) is 47.0 Å². The lowest BCUT2D eigenvalue weighted by molar-refractivity contribution is -0.135. The van der Waals surface area contributed by atoms with Crippen molar-refractivity contribution in [1.29, 1.82) is 0 Å². The lowest BCUT2D eigenvalue weighted by Gasteiger charge is -2.22. The molecule has 0 spiro atoms. The molecule has 1 aromatic carbocycles. The first-order valence-electron chi connectivity index (χ1n) is 6.90. The average Bonchev–Trinajstić information content (AvgIpc) is 2.48. The first kappa shape index (κ1) is 16.0. The molecule has 0 aromatic heterocycles. The molecule has 4 nitrogen and oxygen atoms in total. The summed E-state index contributed by atoms with van der Waals surface area (Å²) >= 11 is 0. The van der Waals surface area contributed by atoms with E-state index in [2.05, 4.69) is 11.9 Å². The zero-order chi connectivity index (χ0) is 16.4. The Labute approximate surface area is 126 Å². The standard InChI is InChI=1S/C16H15F2NO3/c1-3-9-6-12(17)13(18)7-11(9)15(21)8(2)10-4-5-14(20)19-16(10)22/h6-7,10H,2-5H2,1H3,(H,19,20,22). The van der Waals surface area contributed by atoms with E-state index >= 15 is 0 Å². The van der Waals surface area contributed by atoms with Crippen LogP contribution in [0.25, 0.3) is 0 Å². The second kappa shape index (κ2) is 6.17. The minimum atomic E-state index is -1.13. The molecule has 2 rings (SSSR count). The Morgan fingerprint density at radius 1 is 1.32 bits per heavy atom. The van der Waals surface area contributed by atoms with Gasteiger partial charge in [-0.25, -0.2) is 8.78 Å². The number of halogens is 2. The largest absolute Gasteiger partial charge is 0.296 e. The van der Waals surface area contributed by atoms with Crippen LogP contribution < -0.4 is 5.32 Å². The quantitative estimate of drug-likeness (QED) is 0.527. The van der Waals surface area contributed by atoms with Crippen LogP contribution in [0.1, 0.15) is 35.7 Å². The third kappa shape index (κ3) is 2.95. The van der Waals surface area contributed by atoms with Crippen LogP contribution in [0.3, 0.4) is 0 Å². The fourth-order valence-electron chi connectivity index (χ4n) is 2.45. The van der Waals surface area contributed by atoms with Gasteiger partial charge in [0.2, 0.25) is 11.8 Å².